The fraction of sp³-hybridized carbons (Fsp3) is 0.400. The molecule has 2 aromatic rings. The minimum absolute atomic E-state index is 0.220. The lowest BCUT2D eigenvalue weighted by Gasteiger charge is -2.26. The van der Waals surface area contributed by atoms with E-state index in [2.05, 4.69) is 42.8 Å². The van der Waals surface area contributed by atoms with Gasteiger partial charge in [-0.25, -0.2) is 4.98 Å². The molecule has 4 rings (SSSR count). The number of H-pyrrole nitrogens is 1. The second-order valence-corrected chi connectivity index (χ2v) is 7.00. The number of nitrogens with zero attached hydrogens (tertiary/aromatic N) is 2. The third-order valence-electron chi connectivity index (χ3n) is 4.65. The van der Waals surface area contributed by atoms with Crippen molar-refractivity contribution >= 4 is 23.0 Å². The van der Waals surface area contributed by atoms with E-state index in [0.717, 1.165) is 33.9 Å². The number of fused-ring (bicyclic) bond motifs is 1. The lowest BCUT2D eigenvalue weighted by molar-refractivity contribution is 0.304. The molecule has 6 heteroatoms. The van der Waals surface area contributed by atoms with E-state index in [1.165, 1.54) is 6.42 Å². The summed E-state index contributed by atoms with van der Waals surface area (Å²) in [7, 11) is -0.409. The normalized spacial score (nSPS) is 27.7. The van der Waals surface area contributed by atoms with Crippen LogP contribution in [0.15, 0.2) is 34.9 Å². The Morgan fingerprint density at radius 1 is 1.33 bits per heavy atom. The number of aromatic amines is 1. The summed E-state index contributed by atoms with van der Waals surface area (Å²) in [5.41, 5.74) is 2.16. The third kappa shape index (κ3) is 2.35. The Balaban J connectivity index is 1.61. The molecule has 1 aliphatic heterocycles. The number of aromatic nitrogens is 2. The van der Waals surface area contributed by atoms with Gasteiger partial charge in [0.25, 0.3) is 0 Å². The van der Waals surface area contributed by atoms with Crippen molar-refractivity contribution in [3.63, 3.8) is 0 Å². The average molecular weight is 346 g/mol. The SMILES string of the molecule is CB(O)N1[C@@H]2C[C@@H]2C[C@H]1c1ncc(-c2ccc(Br)cc2)[nH]1. The number of nitrogens with one attached hydrogen (secondary N) is 1. The zero-order valence-electron chi connectivity index (χ0n) is 11.8. The van der Waals surface area contributed by atoms with Gasteiger partial charge in [-0.3, -0.25) is 0 Å². The summed E-state index contributed by atoms with van der Waals surface area (Å²) < 4.78 is 1.07. The quantitative estimate of drug-likeness (QED) is 0.840. The zero-order chi connectivity index (χ0) is 14.6. The van der Waals surface area contributed by atoms with E-state index in [-0.39, 0.29) is 6.04 Å². The van der Waals surface area contributed by atoms with Gasteiger partial charge < -0.3 is 14.8 Å². The van der Waals surface area contributed by atoms with Crippen molar-refractivity contribution in [3.05, 3.63) is 40.8 Å². The Morgan fingerprint density at radius 3 is 2.81 bits per heavy atom. The summed E-state index contributed by atoms with van der Waals surface area (Å²) in [5, 5.41) is 10.0. The summed E-state index contributed by atoms with van der Waals surface area (Å²) in [6, 6.07) is 8.97. The molecule has 1 saturated carbocycles. The maximum absolute atomic E-state index is 10.0. The van der Waals surface area contributed by atoms with Crippen molar-refractivity contribution in [2.24, 2.45) is 5.92 Å². The summed E-state index contributed by atoms with van der Waals surface area (Å²) in [6.07, 6.45) is 4.22. The van der Waals surface area contributed by atoms with Gasteiger partial charge in [-0.05, 0) is 43.3 Å². The molecule has 0 unspecified atom stereocenters. The summed E-state index contributed by atoms with van der Waals surface area (Å²) in [6.45, 7) is 1.85. The van der Waals surface area contributed by atoms with Crippen molar-refractivity contribution in [1.29, 1.82) is 0 Å². The summed E-state index contributed by atoms with van der Waals surface area (Å²) >= 11 is 3.45. The predicted molar refractivity (Wildman–Crippen MR) is 86.7 cm³/mol. The van der Waals surface area contributed by atoms with Gasteiger partial charge in [0.1, 0.15) is 5.82 Å². The van der Waals surface area contributed by atoms with Gasteiger partial charge in [0.15, 0.2) is 0 Å². The number of hydrogen-bond donors (Lipinski definition) is 2. The monoisotopic (exact) mass is 345 g/mol. The highest BCUT2D eigenvalue weighted by molar-refractivity contribution is 9.10. The molecule has 4 nitrogen and oxygen atoms in total. The van der Waals surface area contributed by atoms with Gasteiger partial charge in [0.2, 0.25) is 0 Å². The molecule has 21 heavy (non-hydrogen) atoms. The van der Waals surface area contributed by atoms with Crippen LogP contribution in [0.25, 0.3) is 11.3 Å². The van der Waals surface area contributed by atoms with E-state index in [9.17, 15) is 5.02 Å². The second kappa shape index (κ2) is 4.97. The minimum atomic E-state index is -0.409. The van der Waals surface area contributed by atoms with Crippen molar-refractivity contribution in [3.8, 4) is 11.3 Å². The van der Waals surface area contributed by atoms with Crippen LogP contribution < -0.4 is 0 Å². The average Bonchev–Trinajstić information content (AvgIpc) is 2.90. The Morgan fingerprint density at radius 2 is 2.10 bits per heavy atom. The molecule has 0 radical (unpaired) electrons. The lowest BCUT2D eigenvalue weighted by atomic mass is 9.83. The fourth-order valence-electron chi connectivity index (χ4n) is 3.56. The molecule has 1 aliphatic carbocycles. The molecule has 0 amide bonds. The highest BCUT2D eigenvalue weighted by Crippen LogP contribution is 2.53. The van der Waals surface area contributed by atoms with E-state index in [1.54, 1.807) is 0 Å². The van der Waals surface area contributed by atoms with Crippen molar-refractivity contribution < 1.29 is 5.02 Å². The predicted octanol–water partition coefficient (Wildman–Crippen LogP) is 3.08. The molecule has 3 atom stereocenters. The first-order chi connectivity index (χ1) is 10.1. The van der Waals surface area contributed by atoms with Crippen LogP contribution in [0, 0.1) is 5.92 Å². The number of benzene rings is 1. The number of imidazole rings is 1. The molecule has 1 saturated heterocycles. The third-order valence-corrected chi connectivity index (χ3v) is 5.18. The summed E-state index contributed by atoms with van der Waals surface area (Å²) in [4.78, 5) is 10.2. The van der Waals surface area contributed by atoms with Crippen LogP contribution in [-0.4, -0.2) is 32.9 Å². The molecule has 2 N–H and O–H groups in total. The molecular formula is C15H17BBrN3O. The molecule has 108 valence electrons. The topological polar surface area (TPSA) is 52.1 Å². The van der Waals surface area contributed by atoms with Crippen LogP contribution in [0.1, 0.15) is 24.7 Å². The van der Waals surface area contributed by atoms with Crippen LogP contribution in [0.4, 0.5) is 0 Å². The Hall–Kier alpha value is -1.11. The Labute approximate surface area is 132 Å². The lowest BCUT2D eigenvalue weighted by Crippen LogP contribution is -2.39. The van der Waals surface area contributed by atoms with Gasteiger partial charge in [-0.2, -0.15) is 0 Å². The van der Waals surface area contributed by atoms with Crippen molar-refractivity contribution in [2.75, 3.05) is 0 Å². The highest BCUT2D eigenvalue weighted by atomic mass is 79.9. The maximum atomic E-state index is 10.0. The van der Waals surface area contributed by atoms with E-state index in [0.29, 0.717) is 6.04 Å². The van der Waals surface area contributed by atoms with Crippen LogP contribution >= 0.6 is 15.9 Å². The second-order valence-electron chi connectivity index (χ2n) is 6.08. The highest BCUT2D eigenvalue weighted by Gasteiger charge is 2.54. The molecule has 2 aliphatic rings. The van der Waals surface area contributed by atoms with E-state index in [4.69, 9.17) is 0 Å². The van der Waals surface area contributed by atoms with Gasteiger partial charge in [-0.15, -0.1) is 0 Å². The number of rotatable bonds is 3. The van der Waals surface area contributed by atoms with E-state index < -0.39 is 7.05 Å². The van der Waals surface area contributed by atoms with Crippen LogP contribution in [0.2, 0.25) is 6.82 Å². The largest absolute Gasteiger partial charge is 0.437 e. The first-order valence-electron chi connectivity index (χ1n) is 7.40. The van der Waals surface area contributed by atoms with Crippen LogP contribution in [-0.2, 0) is 0 Å². The van der Waals surface area contributed by atoms with Gasteiger partial charge in [0.05, 0.1) is 17.9 Å². The van der Waals surface area contributed by atoms with Gasteiger partial charge in [-0.1, -0.05) is 28.1 Å². The standard InChI is InChI=1S/C15H17BBrN3O/c1-16(21)20-13-6-10(13)7-14(20)15-18-8-12(19-15)9-2-4-11(17)5-3-9/h2-5,8,10,13-14,21H,6-7H2,1H3,(H,18,19)/t10-,13-,14+/m1/s1. The molecule has 1 aromatic carbocycles. The van der Waals surface area contributed by atoms with Gasteiger partial charge in [0, 0.05) is 10.5 Å². The smallest absolute Gasteiger partial charge is 0.377 e. The molecule has 0 bridgehead atoms. The van der Waals surface area contributed by atoms with E-state index >= 15 is 0 Å². The van der Waals surface area contributed by atoms with Crippen molar-refractivity contribution in [2.45, 2.75) is 31.7 Å². The van der Waals surface area contributed by atoms with Crippen LogP contribution in [0.5, 0.6) is 0 Å². The molecule has 2 fully saturated rings. The zero-order valence-corrected chi connectivity index (χ0v) is 13.4. The summed E-state index contributed by atoms with van der Waals surface area (Å²) in [5.74, 6) is 1.71. The molecule has 2 heterocycles. The van der Waals surface area contributed by atoms with Crippen LogP contribution in [0.3, 0.4) is 0 Å². The van der Waals surface area contributed by atoms with Gasteiger partial charge >= 0.3 is 7.05 Å². The Kier molecular flexibility index (Phi) is 3.21. The first-order valence-corrected chi connectivity index (χ1v) is 8.19. The minimum Gasteiger partial charge on any atom is -0.437 e. The Bertz CT molecular complexity index is 657. The molecular weight excluding hydrogens is 329 g/mol. The molecule has 1 aromatic heterocycles. The number of hydrogen-bond acceptors (Lipinski definition) is 3. The first kappa shape index (κ1) is 13.6. The molecule has 0 spiro atoms. The maximum Gasteiger partial charge on any atom is 0.377 e. The van der Waals surface area contributed by atoms with Crippen molar-refractivity contribution in [1.82, 2.24) is 14.8 Å². The van der Waals surface area contributed by atoms with E-state index in [1.807, 2.05) is 25.2 Å². The number of halogens is 1. The fourth-order valence-corrected chi connectivity index (χ4v) is 3.83. The number of piperidine rings is 1.